The van der Waals surface area contributed by atoms with Crippen molar-refractivity contribution in [1.82, 2.24) is 14.5 Å². The Labute approximate surface area is 119 Å². The van der Waals surface area contributed by atoms with Crippen molar-refractivity contribution in [2.24, 2.45) is 0 Å². The molecule has 0 radical (unpaired) electrons. The fourth-order valence-electron chi connectivity index (χ4n) is 3.16. The van der Waals surface area contributed by atoms with Crippen molar-refractivity contribution in [3.63, 3.8) is 0 Å². The molecule has 3 rings (SSSR count). The zero-order valence-corrected chi connectivity index (χ0v) is 11.6. The summed E-state index contributed by atoms with van der Waals surface area (Å²) < 4.78 is 41.0. The average molecular weight is 299 g/mol. The lowest BCUT2D eigenvalue weighted by atomic mass is 10.1. The van der Waals surface area contributed by atoms with Crippen LogP contribution in [0.4, 0.5) is 13.2 Å². The Morgan fingerprint density at radius 2 is 2.14 bits per heavy atom. The zero-order valence-electron chi connectivity index (χ0n) is 11.6. The number of para-hydroxylation sites is 1. The highest BCUT2D eigenvalue weighted by atomic mass is 19.4. The van der Waals surface area contributed by atoms with Crippen LogP contribution in [0.25, 0.3) is 11.0 Å². The first-order chi connectivity index (χ1) is 9.93. The van der Waals surface area contributed by atoms with E-state index in [9.17, 15) is 18.0 Å². The second-order valence-electron chi connectivity index (χ2n) is 5.25. The Bertz CT molecular complexity index is 716. The highest BCUT2D eigenvalue weighted by molar-refractivity contribution is 5.79. The summed E-state index contributed by atoms with van der Waals surface area (Å²) in [7, 11) is 0. The number of fused-ring (bicyclic) bond motifs is 1. The van der Waals surface area contributed by atoms with Crippen LogP contribution in [0.15, 0.2) is 23.0 Å². The van der Waals surface area contributed by atoms with E-state index in [1.165, 1.54) is 16.7 Å². The van der Waals surface area contributed by atoms with Gasteiger partial charge in [-0.15, -0.1) is 0 Å². The van der Waals surface area contributed by atoms with E-state index in [1.807, 2.05) is 11.8 Å². The third kappa shape index (κ3) is 2.25. The van der Waals surface area contributed by atoms with Gasteiger partial charge >= 0.3 is 11.9 Å². The van der Waals surface area contributed by atoms with Gasteiger partial charge in [0.2, 0.25) is 0 Å². The molecule has 1 fully saturated rings. The number of rotatable bonds is 2. The van der Waals surface area contributed by atoms with Gasteiger partial charge in [-0.1, -0.05) is 13.0 Å². The van der Waals surface area contributed by atoms with E-state index in [-0.39, 0.29) is 17.2 Å². The minimum Gasteiger partial charge on any atom is -0.305 e. The topological polar surface area (TPSA) is 41.0 Å². The van der Waals surface area contributed by atoms with Gasteiger partial charge in [0.15, 0.2) is 0 Å². The van der Waals surface area contributed by atoms with Crippen molar-refractivity contribution < 1.29 is 13.2 Å². The van der Waals surface area contributed by atoms with Gasteiger partial charge < -0.3 is 4.98 Å². The van der Waals surface area contributed by atoms with Gasteiger partial charge in [-0.05, 0) is 31.5 Å². The molecule has 0 aliphatic carbocycles. The molecule has 0 saturated carbocycles. The van der Waals surface area contributed by atoms with Crippen molar-refractivity contribution in [2.45, 2.75) is 32.1 Å². The van der Waals surface area contributed by atoms with Crippen LogP contribution in [0.1, 0.15) is 31.5 Å². The number of aromatic nitrogens is 2. The monoisotopic (exact) mass is 299 g/mol. The lowest BCUT2D eigenvalue weighted by Crippen LogP contribution is -2.33. The predicted octanol–water partition coefficient (Wildman–Crippen LogP) is 2.96. The smallest absolute Gasteiger partial charge is 0.305 e. The largest absolute Gasteiger partial charge is 0.418 e. The van der Waals surface area contributed by atoms with Gasteiger partial charge in [-0.25, -0.2) is 4.79 Å². The van der Waals surface area contributed by atoms with Crippen LogP contribution in [0.3, 0.4) is 0 Å². The lowest BCUT2D eigenvalue weighted by Gasteiger charge is -2.24. The molecule has 1 aliphatic rings. The van der Waals surface area contributed by atoms with E-state index in [4.69, 9.17) is 0 Å². The summed E-state index contributed by atoms with van der Waals surface area (Å²) in [5, 5.41) is 0. The first kappa shape index (κ1) is 14.2. The number of H-pyrrole nitrogens is 1. The van der Waals surface area contributed by atoms with Gasteiger partial charge in [0.05, 0.1) is 22.8 Å². The fraction of sp³-hybridized carbons (Fsp3) is 0.500. The summed E-state index contributed by atoms with van der Waals surface area (Å²) in [6.45, 7) is 3.45. The van der Waals surface area contributed by atoms with Crippen molar-refractivity contribution >= 4 is 11.0 Å². The van der Waals surface area contributed by atoms with E-state index < -0.39 is 17.4 Å². The second kappa shape index (κ2) is 4.91. The molecule has 1 atom stereocenters. The van der Waals surface area contributed by atoms with E-state index in [1.54, 1.807) is 0 Å². The molecule has 0 spiro atoms. The van der Waals surface area contributed by atoms with Crippen molar-refractivity contribution in [1.29, 1.82) is 0 Å². The molecule has 114 valence electrons. The Balaban J connectivity index is 2.27. The van der Waals surface area contributed by atoms with Crippen LogP contribution >= 0.6 is 0 Å². The molecule has 21 heavy (non-hydrogen) atoms. The van der Waals surface area contributed by atoms with Crippen LogP contribution in [0.2, 0.25) is 0 Å². The van der Waals surface area contributed by atoms with Gasteiger partial charge in [-0.3, -0.25) is 9.47 Å². The predicted molar refractivity (Wildman–Crippen MR) is 73.1 cm³/mol. The zero-order chi connectivity index (χ0) is 15.2. The van der Waals surface area contributed by atoms with Gasteiger partial charge in [0, 0.05) is 6.54 Å². The summed E-state index contributed by atoms with van der Waals surface area (Å²) in [5.41, 5.74) is -1.05. The SMILES string of the molecule is CCN1CCCC1n1c(=O)[nH]c2cccc(C(F)(F)F)c21. The molecule has 0 amide bonds. The number of aromatic amines is 1. The molecular formula is C14H16F3N3O. The number of imidazole rings is 1. The molecule has 4 nitrogen and oxygen atoms in total. The number of nitrogens with one attached hydrogen (secondary N) is 1. The highest BCUT2D eigenvalue weighted by Crippen LogP contribution is 2.36. The molecule has 1 aliphatic heterocycles. The number of hydrogen-bond donors (Lipinski definition) is 1. The minimum atomic E-state index is -4.48. The van der Waals surface area contributed by atoms with Gasteiger partial charge in [0.1, 0.15) is 0 Å². The lowest BCUT2D eigenvalue weighted by molar-refractivity contribution is -0.136. The molecule has 1 aromatic carbocycles. The maximum Gasteiger partial charge on any atom is 0.418 e. The Hall–Kier alpha value is -1.76. The highest BCUT2D eigenvalue weighted by Gasteiger charge is 2.36. The van der Waals surface area contributed by atoms with E-state index in [0.29, 0.717) is 13.0 Å². The van der Waals surface area contributed by atoms with E-state index in [2.05, 4.69) is 4.98 Å². The normalized spacial score (nSPS) is 20.5. The molecule has 1 aromatic heterocycles. The van der Waals surface area contributed by atoms with Crippen LogP contribution in [-0.4, -0.2) is 27.5 Å². The van der Waals surface area contributed by atoms with E-state index >= 15 is 0 Å². The molecule has 1 N–H and O–H groups in total. The summed E-state index contributed by atoms with van der Waals surface area (Å²) >= 11 is 0. The standard InChI is InChI=1S/C14H16F3N3O/c1-2-19-8-4-7-11(19)20-12-9(14(15,16)17)5-3-6-10(12)18-13(20)21/h3,5-6,11H,2,4,7-8H2,1H3,(H,18,21). The second-order valence-corrected chi connectivity index (χ2v) is 5.25. The van der Waals surface area contributed by atoms with Crippen LogP contribution in [-0.2, 0) is 6.18 Å². The quantitative estimate of drug-likeness (QED) is 0.926. The molecule has 0 bridgehead atoms. The molecule has 2 heterocycles. The number of benzene rings is 1. The Kier molecular flexibility index (Phi) is 3.32. The molecule has 7 heteroatoms. The average Bonchev–Trinajstić information content (AvgIpc) is 2.98. The number of halogens is 3. The number of likely N-dealkylation sites (tertiary alicyclic amines) is 1. The fourth-order valence-corrected chi connectivity index (χ4v) is 3.16. The van der Waals surface area contributed by atoms with E-state index in [0.717, 1.165) is 19.0 Å². The molecular weight excluding hydrogens is 283 g/mol. The van der Waals surface area contributed by atoms with Gasteiger partial charge in [0.25, 0.3) is 0 Å². The van der Waals surface area contributed by atoms with Crippen LogP contribution < -0.4 is 5.69 Å². The third-order valence-corrected chi connectivity index (χ3v) is 4.08. The molecule has 2 aromatic rings. The van der Waals surface area contributed by atoms with Crippen molar-refractivity contribution in [3.05, 3.63) is 34.2 Å². The maximum atomic E-state index is 13.2. The third-order valence-electron chi connectivity index (χ3n) is 4.08. The van der Waals surface area contributed by atoms with Gasteiger partial charge in [-0.2, -0.15) is 13.2 Å². The minimum absolute atomic E-state index is 0.0413. The van der Waals surface area contributed by atoms with Crippen LogP contribution in [0.5, 0.6) is 0 Å². The molecule has 1 saturated heterocycles. The summed E-state index contributed by atoms with van der Waals surface area (Å²) in [4.78, 5) is 16.8. The number of hydrogen-bond acceptors (Lipinski definition) is 2. The number of alkyl halides is 3. The van der Waals surface area contributed by atoms with Crippen molar-refractivity contribution in [3.8, 4) is 0 Å². The number of nitrogens with zero attached hydrogens (tertiary/aromatic N) is 2. The Morgan fingerprint density at radius 1 is 1.38 bits per heavy atom. The maximum absolute atomic E-state index is 13.2. The van der Waals surface area contributed by atoms with Crippen LogP contribution in [0, 0.1) is 0 Å². The summed E-state index contributed by atoms with van der Waals surface area (Å²) in [6.07, 6.45) is -3.22. The van der Waals surface area contributed by atoms with Crippen molar-refractivity contribution in [2.75, 3.05) is 13.1 Å². The first-order valence-corrected chi connectivity index (χ1v) is 6.98. The molecule has 1 unspecified atom stereocenters. The summed E-state index contributed by atoms with van der Waals surface area (Å²) in [5.74, 6) is 0. The first-order valence-electron chi connectivity index (χ1n) is 6.98. The summed E-state index contributed by atoms with van der Waals surface area (Å²) in [6, 6.07) is 3.85. The Morgan fingerprint density at radius 3 is 2.81 bits per heavy atom.